The number of aryl methyl sites for hydroxylation is 1. The first-order valence-electron chi connectivity index (χ1n) is 9.20. The van der Waals surface area contributed by atoms with Crippen LogP contribution in [0.15, 0.2) is 53.6 Å². The SMILES string of the molecule is Cc1cnccc1N1CCCN(C(=O)c2cc(=O)[nH]c3ccccc23)CC1. The van der Waals surface area contributed by atoms with Crippen LogP contribution in [-0.2, 0) is 0 Å². The fourth-order valence-electron chi connectivity index (χ4n) is 3.73. The molecule has 0 spiro atoms. The summed E-state index contributed by atoms with van der Waals surface area (Å²) < 4.78 is 0. The number of nitrogens with zero attached hydrogens (tertiary/aromatic N) is 3. The predicted molar refractivity (Wildman–Crippen MR) is 106 cm³/mol. The first-order chi connectivity index (χ1) is 13.1. The first kappa shape index (κ1) is 17.3. The van der Waals surface area contributed by atoms with Gasteiger partial charge in [-0.3, -0.25) is 14.6 Å². The van der Waals surface area contributed by atoms with E-state index in [0.29, 0.717) is 24.2 Å². The summed E-state index contributed by atoms with van der Waals surface area (Å²) in [5.41, 5.74) is 3.22. The van der Waals surface area contributed by atoms with Crippen LogP contribution < -0.4 is 10.5 Å². The minimum absolute atomic E-state index is 0.0781. The Morgan fingerprint density at radius 1 is 1.11 bits per heavy atom. The molecule has 1 amide bonds. The molecule has 1 aliphatic heterocycles. The number of H-pyrrole nitrogens is 1. The van der Waals surface area contributed by atoms with Crippen molar-refractivity contribution in [1.29, 1.82) is 0 Å². The van der Waals surface area contributed by atoms with E-state index in [9.17, 15) is 9.59 Å². The first-order valence-corrected chi connectivity index (χ1v) is 9.20. The number of para-hydroxylation sites is 1. The van der Waals surface area contributed by atoms with E-state index < -0.39 is 0 Å². The third kappa shape index (κ3) is 3.43. The number of rotatable bonds is 2. The lowest BCUT2D eigenvalue weighted by atomic mass is 10.1. The maximum atomic E-state index is 13.2. The van der Waals surface area contributed by atoms with Crippen LogP contribution in [0.4, 0.5) is 5.69 Å². The summed E-state index contributed by atoms with van der Waals surface area (Å²) in [6.45, 7) is 5.02. The highest BCUT2D eigenvalue weighted by molar-refractivity contribution is 6.05. The van der Waals surface area contributed by atoms with Gasteiger partial charge in [-0.2, -0.15) is 0 Å². The zero-order valence-corrected chi connectivity index (χ0v) is 15.3. The largest absolute Gasteiger partial charge is 0.369 e. The van der Waals surface area contributed by atoms with Crippen LogP contribution in [0.5, 0.6) is 0 Å². The van der Waals surface area contributed by atoms with Crippen molar-refractivity contribution in [2.24, 2.45) is 0 Å². The molecule has 1 aromatic carbocycles. The molecule has 1 fully saturated rings. The zero-order valence-electron chi connectivity index (χ0n) is 15.3. The Morgan fingerprint density at radius 2 is 1.96 bits per heavy atom. The fraction of sp³-hybridized carbons (Fsp3) is 0.286. The van der Waals surface area contributed by atoms with Gasteiger partial charge in [0.25, 0.3) is 5.91 Å². The molecule has 2 aromatic heterocycles. The predicted octanol–water partition coefficient (Wildman–Crippen LogP) is 2.58. The molecule has 6 nitrogen and oxygen atoms in total. The van der Waals surface area contributed by atoms with E-state index in [0.717, 1.165) is 30.5 Å². The summed E-state index contributed by atoms with van der Waals surface area (Å²) in [6, 6.07) is 10.9. The molecule has 138 valence electrons. The van der Waals surface area contributed by atoms with Crippen molar-refractivity contribution in [3.8, 4) is 0 Å². The van der Waals surface area contributed by atoms with Gasteiger partial charge in [-0.25, -0.2) is 0 Å². The number of pyridine rings is 2. The normalized spacial score (nSPS) is 15.0. The number of anilines is 1. The van der Waals surface area contributed by atoms with Crippen molar-refractivity contribution < 1.29 is 4.79 Å². The van der Waals surface area contributed by atoms with Gasteiger partial charge in [0.15, 0.2) is 0 Å². The third-order valence-corrected chi connectivity index (χ3v) is 5.10. The van der Waals surface area contributed by atoms with E-state index in [4.69, 9.17) is 0 Å². The summed E-state index contributed by atoms with van der Waals surface area (Å²) in [4.78, 5) is 36.3. The average molecular weight is 362 g/mol. The van der Waals surface area contributed by atoms with Gasteiger partial charge in [-0.15, -0.1) is 0 Å². The molecule has 3 heterocycles. The molecule has 3 aromatic rings. The summed E-state index contributed by atoms with van der Waals surface area (Å²) in [6.07, 6.45) is 4.55. The monoisotopic (exact) mass is 362 g/mol. The fourth-order valence-corrected chi connectivity index (χ4v) is 3.73. The van der Waals surface area contributed by atoms with Gasteiger partial charge in [0.2, 0.25) is 5.56 Å². The van der Waals surface area contributed by atoms with Crippen LogP contribution in [0.1, 0.15) is 22.3 Å². The Bertz CT molecular complexity index is 1040. The van der Waals surface area contributed by atoms with Crippen molar-refractivity contribution in [3.63, 3.8) is 0 Å². The number of nitrogens with one attached hydrogen (secondary N) is 1. The molecule has 1 aliphatic rings. The minimum atomic E-state index is -0.249. The Labute approximate surface area is 157 Å². The molecule has 27 heavy (non-hydrogen) atoms. The summed E-state index contributed by atoms with van der Waals surface area (Å²) in [5.74, 6) is -0.0781. The maximum absolute atomic E-state index is 13.2. The Balaban J connectivity index is 1.59. The molecular formula is C21H22N4O2. The van der Waals surface area contributed by atoms with E-state index in [1.54, 1.807) is 6.20 Å². The second kappa shape index (κ2) is 7.23. The number of aromatic amines is 1. The number of fused-ring (bicyclic) bond motifs is 1. The average Bonchev–Trinajstić information content (AvgIpc) is 2.93. The molecule has 0 bridgehead atoms. The van der Waals surface area contributed by atoms with E-state index in [-0.39, 0.29) is 11.5 Å². The lowest BCUT2D eigenvalue weighted by molar-refractivity contribution is 0.0769. The smallest absolute Gasteiger partial charge is 0.254 e. The number of hydrogen-bond acceptors (Lipinski definition) is 4. The molecule has 4 rings (SSSR count). The van der Waals surface area contributed by atoms with Gasteiger partial charge < -0.3 is 14.8 Å². The number of carbonyl (C=O) groups excluding carboxylic acids is 1. The van der Waals surface area contributed by atoms with Gasteiger partial charge in [0.1, 0.15) is 0 Å². The van der Waals surface area contributed by atoms with Gasteiger partial charge in [-0.05, 0) is 31.0 Å². The number of aromatic nitrogens is 2. The summed E-state index contributed by atoms with van der Waals surface area (Å²) in [7, 11) is 0. The van der Waals surface area contributed by atoms with Gasteiger partial charge in [0.05, 0.1) is 5.56 Å². The molecule has 0 saturated carbocycles. The van der Waals surface area contributed by atoms with Crippen molar-refractivity contribution >= 4 is 22.5 Å². The van der Waals surface area contributed by atoms with Crippen LogP contribution in [-0.4, -0.2) is 47.0 Å². The highest BCUT2D eigenvalue weighted by Crippen LogP contribution is 2.22. The minimum Gasteiger partial charge on any atom is -0.369 e. The molecule has 1 saturated heterocycles. The molecule has 0 radical (unpaired) electrons. The summed E-state index contributed by atoms with van der Waals surface area (Å²) >= 11 is 0. The lowest BCUT2D eigenvalue weighted by Gasteiger charge is -2.25. The Kier molecular flexibility index (Phi) is 4.62. The van der Waals surface area contributed by atoms with Crippen molar-refractivity contribution in [1.82, 2.24) is 14.9 Å². The van der Waals surface area contributed by atoms with Crippen LogP contribution in [0, 0.1) is 6.92 Å². The van der Waals surface area contributed by atoms with E-state index in [1.807, 2.05) is 41.4 Å². The van der Waals surface area contributed by atoms with E-state index >= 15 is 0 Å². The van der Waals surface area contributed by atoms with E-state index in [1.165, 1.54) is 11.8 Å². The number of carbonyl (C=O) groups is 1. The topological polar surface area (TPSA) is 69.3 Å². The second-order valence-corrected chi connectivity index (χ2v) is 6.89. The van der Waals surface area contributed by atoms with Crippen LogP contribution in [0.2, 0.25) is 0 Å². The van der Waals surface area contributed by atoms with Crippen molar-refractivity contribution in [3.05, 3.63) is 70.3 Å². The molecule has 1 N–H and O–H groups in total. The Hall–Kier alpha value is -3.15. The highest BCUT2D eigenvalue weighted by Gasteiger charge is 2.23. The maximum Gasteiger partial charge on any atom is 0.254 e. The third-order valence-electron chi connectivity index (χ3n) is 5.10. The molecule has 0 aliphatic carbocycles. The van der Waals surface area contributed by atoms with Crippen LogP contribution in [0.3, 0.4) is 0 Å². The summed E-state index contributed by atoms with van der Waals surface area (Å²) in [5, 5.41) is 0.785. The molecular weight excluding hydrogens is 340 g/mol. The highest BCUT2D eigenvalue weighted by atomic mass is 16.2. The number of benzene rings is 1. The van der Waals surface area contributed by atoms with Gasteiger partial charge in [0, 0.05) is 61.2 Å². The Morgan fingerprint density at radius 3 is 2.81 bits per heavy atom. The van der Waals surface area contributed by atoms with Crippen LogP contribution >= 0.6 is 0 Å². The van der Waals surface area contributed by atoms with E-state index in [2.05, 4.69) is 21.8 Å². The van der Waals surface area contributed by atoms with Crippen molar-refractivity contribution in [2.75, 3.05) is 31.1 Å². The zero-order chi connectivity index (χ0) is 18.8. The second-order valence-electron chi connectivity index (χ2n) is 6.89. The quantitative estimate of drug-likeness (QED) is 0.761. The number of amides is 1. The standard InChI is InChI=1S/C21H22N4O2/c1-15-14-22-8-7-19(15)24-9-4-10-25(12-11-24)21(27)17-13-20(26)23-18-6-3-2-5-16(17)18/h2-3,5-8,13-14H,4,9-12H2,1H3,(H,23,26). The molecule has 0 atom stereocenters. The van der Waals surface area contributed by atoms with Crippen LogP contribution in [0.25, 0.3) is 10.9 Å². The molecule has 6 heteroatoms. The van der Waals surface area contributed by atoms with Crippen molar-refractivity contribution in [2.45, 2.75) is 13.3 Å². The van der Waals surface area contributed by atoms with Gasteiger partial charge >= 0.3 is 0 Å². The van der Waals surface area contributed by atoms with Gasteiger partial charge in [-0.1, -0.05) is 18.2 Å². The molecule has 0 unspecified atom stereocenters. The lowest BCUT2D eigenvalue weighted by Crippen LogP contribution is -2.36. The number of hydrogen-bond donors (Lipinski definition) is 1.